The van der Waals surface area contributed by atoms with Crippen molar-refractivity contribution in [1.82, 2.24) is 0 Å². The smallest absolute Gasteiger partial charge is 0.264 e. The Bertz CT molecular complexity index is 864. The fourth-order valence-electron chi connectivity index (χ4n) is 2.79. The molecule has 0 aliphatic carbocycles. The minimum absolute atomic E-state index is 0.162. The average Bonchev–Trinajstić information content (AvgIpc) is 2.50. The van der Waals surface area contributed by atoms with Crippen molar-refractivity contribution in [1.29, 1.82) is 0 Å². The number of aryl methyl sites for hydroxylation is 2. The van der Waals surface area contributed by atoms with Crippen LogP contribution < -0.4 is 4.31 Å². The first-order valence-electron chi connectivity index (χ1n) is 7.38. The zero-order chi connectivity index (χ0) is 16.8. The van der Waals surface area contributed by atoms with Gasteiger partial charge in [0, 0.05) is 12.1 Å². The number of anilines is 1. The van der Waals surface area contributed by atoms with Gasteiger partial charge in [0.1, 0.15) is 5.82 Å². The molecule has 2 aromatic carbocycles. The molecule has 23 heavy (non-hydrogen) atoms. The van der Waals surface area contributed by atoms with Crippen LogP contribution in [-0.2, 0) is 10.0 Å². The van der Waals surface area contributed by atoms with Crippen molar-refractivity contribution >= 4 is 15.7 Å². The number of hydrogen-bond donors (Lipinski definition) is 1. The van der Waals surface area contributed by atoms with Crippen molar-refractivity contribution in [2.45, 2.75) is 31.3 Å². The summed E-state index contributed by atoms with van der Waals surface area (Å²) in [4.78, 5) is 0.201. The minimum atomic E-state index is -3.75. The molecular formula is C17H18FNO3S. The molecule has 0 saturated carbocycles. The molecule has 1 heterocycles. The van der Waals surface area contributed by atoms with Crippen molar-refractivity contribution in [2.75, 3.05) is 10.8 Å². The second kappa shape index (κ2) is 5.62. The summed E-state index contributed by atoms with van der Waals surface area (Å²) in [6.45, 7) is 3.94. The van der Waals surface area contributed by atoms with E-state index in [1.807, 2.05) is 13.8 Å². The standard InChI is InChI=1S/C17H18FNO3S/c1-11-3-5-14(9-12(11)2)23(21,22)19-8-7-17(20)15-10-13(18)4-6-16(15)19/h3-6,9-10,17,20H,7-8H2,1-2H3. The van der Waals surface area contributed by atoms with Gasteiger partial charge < -0.3 is 5.11 Å². The highest BCUT2D eigenvalue weighted by molar-refractivity contribution is 7.92. The van der Waals surface area contributed by atoms with Crippen LogP contribution in [0, 0.1) is 19.7 Å². The van der Waals surface area contributed by atoms with Crippen LogP contribution in [0.5, 0.6) is 0 Å². The molecule has 1 aliphatic heterocycles. The van der Waals surface area contributed by atoms with E-state index in [4.69, 9.17) is 0 Å². The van der Waals surface area contributed by atoms with Gasteiger partial charge in [-0.1, -0.05) is 6.07 Å². The van der Waals surface area contributed by atoms with Crippen LogP contribution in [0.1, 0.15) is 29.2 Å². The highest BCUT2D eigenvalue weighted by atomic mass is 32.2. The summed E-state index contributed by atoms with van der Waals surface area (Å²) in [6, 6.07) is 8.80. The number of aliphatic hydroxyl groups excluding tert-OH is 1. The Morgan fingerprint density at radius 3 is 2.57 bits per heavy atom. The first-order chi connectivity index (χ1) is 10.8. The molecule has 0 fully saturated rings. The molecule has 0 amide bonds. The van der Waals surface area contributed by atoms with Gasteiger partial charge >= 0.3 is 0 Å². The second-order valence-electron chi connectivity index (χ2n) is 5.83. The monoisotopic (exact) mass is 335 g/mol. The van der Waals surface area contributed by atoms with Crippen molar-refractivity contribution in [3.63, 3.8) is 0 Å². The van der Waals surface area contributed by atoms with Gasteiger partial charge in [-0.15, -0.1) is 0 Å². The number of rotatable bonds is 2. The van der Waals surface area contributed by atoms with Crippen molar-refractivity contribution in [3.05, 3.63) is 58.9 Å². The molecule has 3 rings (SSSR count). The Hall–Kier alpha value is -1.92. The molecule has 122 valence electrons. The van der Waals surface area contributed by atoms with E-state index < -0.39 is 21.9 Å². The van der Waals surface area contributed by atoms with Gasteiger partial charge in [-0.2, -0.15) is 0 Å². The Balaban J connectivity index is 2.11. The normalized spacial score (nSPS) is 17.9. The maximum atomic E-state index is 13.4. The molecule has 0 spiro atoms. The Morgan fingerprint density at radius 1 is 1.13 bits per heavy atom. The highest BCUT2D eigenvalue weighted by Gasteiger charge is 2.32. The number of halogens is 1. The third-order valence-corrected chi connectivity index (χ3v) is 6.10. The summed E-state index contributed by atoms with van der Waals surface area (Å²) < 4.78 is 40.6. The lowest BCUT2D eigenvalue weighted by Gasteiger charge is -2.33. The molecule has 0 radical (unpaired) electrons. The van der Waals surface area contributed by atoms with Crippen LogP contribution >= 0.6 is 0 Å². The molecule has 0 aromatic heterocycles. The SMILES string of the molecule is Cc1ccc(S(=O)(=O)N2CCC(O)c3cc(F)ccc32)cc1C. The predicted molar refractivity (Wildman–Crippen MR) is 86.4 cm³/mol. The van der Waals surface area contributed by atoms with E-state index in [0.29, 0.717) is 11.3 Å². The summed E-state index contributed by atoms with van der Waals surface area (Å²) in [7, 11) is -3.75. The van der Waals surface area contributed by atoms with E-state index in [0.717, 1.165) is 11.1 Å². The molecule has 1 atom stereocenters. The summed E-state index contributed by atoms with van der Waals surface area (Å²) >= 11 is 0. The molecule has 2 aromatic rings. The predicted octanol–water partition coefficient (Wildman–Crippen LogP) is 3.07. The number of aliphatic hydroxyl groups is 1. The molecule has 0 saturated heterocycles. The lowest BCUT2D eigenvalue weighted by Crippen LogP contribution is -2.36. The Kier molecular flexibility index (Phi) is 3.90. The molecule has 1 N–H and O–H groups in total. The molecule has 6 heteroatoms. The Morgan fingerprint density at radius 2 is 1.87 bits per heavy atom. The molecule has 1 unspecified atom stereocenters. The first-order valence-corrected chi connectivity index (χ1v) is 8.82. The van der Waals surface area contributed by atoms with Crippen LogP contribution in [0.2, 0.25) is 0 Å². The largest absolute Gasteiger partial charge is 0.388 e. The number of nitrogens with zero attached hydrogens (tertiary/aromatic N) is 1. The van der Waals surface area contributed by atoms with Crippen LogP contribution in [0.25, 0.3) is 0 Å². The fourth-order valence-corrected chi connectivity index (χ4v) is 4.38. The fraction of sp³-hybridized carbons (Fsp3) is 0.294. The molecule has 4 nitrogen and oxygen atoms in total. The summed E-state index contributed by atoms with van der Waals surface area (Å²) in [5, 5.41) is 10.0. The summed E-state index contributed by atoms with van der Waals surface area (Å²) in [5.41, 5.74) is 2.55. The zero-order valence-corrected chi connectivity index (χ0v) is 13.8. The van der Waals surface area contributed by atoms with Gasteiger partial charge in [-0.3, -0.25) is 4.31 Å². The summed E-state index contributed by atoms with van der Waals surface area (Å²) in [5.74, 6) is -0.492. The lowest BCUT2D eigenvalue weighted by atomic mass is 10.0. The topological polar surface area (TPSA) is 57.6 Å². The lowest BCUT2D eigenvalue weighted by molar-refractivity contribution is 0.166. The van der Waals surface area contributed by atoms with Gasteiger partial charge in [0.05, 0.1) is 16.7 Å². The molecule has 0 bridgehead atoms. The van der Waals surface area contributed by atoms with Gasteiger partial charge in [0.2, 0.25) is 0 Å². The second-order valence-corrected chi connectivity index (χ2v) is 7.69. The molecule has 1 aliphatic rings. The Labute approximate surface area is 135 Å². The quantitative estimate of drug-likeness (QED) is 0.917. The van der Waals surface area contributed by atoms with E-state index in [9.17, 15) is 17.9 Å². The van der Waals surface area contributed by atoms with Gasteiger partial charge in [0.25, 0.3) is 10.0 Å². The van der Waals surface area contributed by atoms with Crippen molar-refractivity contribution in [3.8, 4) is 0 Å². The van der Waals surface area contributed by atoms with Crippen LogP contribution in [0.3, 0.4) is 0 Å². The summed E-state index contributed by atoms with van der Waals surface area (Å²) in [6.07, 6.45) is -0.618. The third kappa shape index (κ3) is 2.72. The van der Waals surface area contributed by atoms with Crippen molar-refractivity contribution < 1.29 is 17.9 Å². The van der Waals surface area contributed by atoms with Gasteiger partial charge in [0.15, 0.2) is 0 Å². The zero-order valence-electron chi connectivity index (χ0n) is 13.0. The number of hydrogen-bond acceptors (Lipinski definition) is 3. The van der Waals surface area contributed by atoms with Gasteiger partial charge in [-0.25, -0.2) is 12.8 Å². The van der Waals surface area contributed by atoms with E-state index >= 15 is 0 Å². The van der Waals surface area contributed by atoms with E-state index in [1.54, 1.807) is 18.2 Å². The van der Waals surface area contributed by atoms with Crippen molar-refractivity contribution in [2.24, 2.45) is 0 Å². The van der Waals surface area contributed by atoms with E-state index in [1.165, 1.54) is 22.5 Å². The van der Waals surface area contributed by atoms with Crippen LogP contribution in [-0.4, -0.2) is 20.1 Å². The molecular weight excluding hydrogens is 317 g/mol. The van der Waals surface area contributed by atoms with E-state index in [2.05, 4.69) is 0 Å². The average molecular weight is 335 g/mol. The third-order valence-electron chi connectivity index (χ3n) is 4.29. The van der Waals surface area contributed by atoms with Crippen LogP contribution in [0.4, 0.5) is 10.1 Å². The number of sulfonamides is 1. The highest BCUT2D eigenvalue weighted by Crippen LogP contribution is 2.37. The number of fused-ring (bicyclic) bond motifs is 1. The minimum Gasteiger partial charge on any atom is -0.388 e. The number of benzene rings is 2. The first kappa shape index (κ1) is 16.0. The van der Waals surface area contributed by atoms with Gasteiger partial charge in [-0.05, 0) is 61.7 Å². The maximum Gasteiger partial charge on any atom is 0.264 e. The van der Waals surface area contributed by atoms with Crippen LogP contribution in [0.15, 0.2) is 41.3 Å². The van der Waals surface area contributed by atoms with E-state index in [-0.39, 0.29) is 17.9 Å². The maximum absolute atomic E-state index is 13.4.